The number of Topliss-reactive ketones (excluding diaryl/α,β-unsaturated/α-hetero) is 1. The quantitative estimate of drug-likeness (QED) is 0.163. The van der Waals surface area contributed by atoms with E-state index in [1.165, 1.54) is 18.2 Å². The zero-order valence-electron chi connectivity index (χ0n) is 22.0. The summed E-state index contributed by atoms with van der Waals surface area (Å²) >= 11 is 0. The molecular formula is C28H32O14. The van der Waals surface area contributed by atoms with Crippen LogP contribution in [0.15, 0.2) is 42.5 Å². The van der Waals surface area contributed by atoms with Crippen molar-refractivity contribution in [3.05, 3.63) is 59.2 Å². The number of ether oxygens (including phenoxy) is 4. The van der Waals surface area contributed by atoms with E-state index in [9.17, 15) is 50.8 Å². The van der Waals surface area contributed by atoms with Crippen LogP contribution in [0.3, 0.4) is 0 Å². The SMILES string of the molecule is O=C1C(c2ccc(O[C@H]3O[C@@H](CO)[C@H](O)[C@@H](O)[C@@H]3O)cc2)=CCc2cc(O[C@H]3O[C@@H](CO)[C@H](O)[C@@H](O)[C@@H]3O)cc(O)c21. The van der Waals surface area contributed by atoms with Gasteiger partial charge in [-0.25, -0.2) is 0 Å². The molecule has 5 rings (SSSR count). The molecule has 2 saturated heterocycles. The van der Waals surface area contributed by atoms with E-state index in [0.29, 0.717) is 16.7 Å². The molecule has 0 saturated carbocycles. The van der Waals surface area contributed by atoms with E-state index in [0.717, 1.165) is 6.07 Å². The van der Waals surface area contributed by atoms with Crippen molar-refractivity contribution >= 4 is 11.4 Å². The monoisotopic (exact) mass is 592 g/mol. The number of ketones is 1. The molecule has 42 heavy (non-hydrogen) atoms. The minimum absolute atomic E-state index is 0.0231. The number of benzene rings is 2. The van der Waals surface area contributed by atoms with Crippen molar-refractivity contribution in [2.24, 2.45) is 0 Å². The first-order chi connectivity index (χ1) is 20.0. The van der Waals surface area contributed by atoms with Crippen molar-refractivity contribution in [2.75, 3.05) is 13.2 Å². The lowest BCUT2D eigenvalue weighted by atomic mass is 9.86. The van der Waals surface area contributed by atoms with Crippen LogP contribution in [0, 0.1) is 0 Å². The lowest BCUT2D eigenvalue weighted by molar-refractivity contribution is -0.277. The molecule has 9 N–H and O–H groups in total. The van der Waals surface area contributed by atoms with Crippen LogP contribution >= 0.6 is 0 Å². The minimum atomic E-state index is -1.65. The summed E-state index contributed by atoms with van der Waals surface area (Å²) in [5.74, 6) is -0.638. The fraction of sp³-hybridized carbons (Fsp3) is 0.464. The maximum absolute atomic E-state index is 13.4. The number of hydrogen-bond acceptors (Lipinski definition) is 14. The molecule has 1 aliphatic carbocycles. The van der Waals surface area contributed by atoms with Crippen molar-refractivity contribution in [3.8, 4) is 17.2 Å². The topological polar surface area (TPSA) is 236 Å². The number of aromatic hydroxyl groups is 1. The number of carbonyl (C=O) groups is 1. The predicted octanol–water partition coefficient (Wildman–Crippen LogP) is -2.43. The molecule has 14 heteroatoms. The molecule has 0 spiro atoms. The highest BCUT2D eigenvalue weighted by atomic mass is 16.7. The molecule has 2 aromatic rings. The number of allylic oxidation sites excluding steroid dienone is 2. The second-order valence-corrected chi connectivity index (χ2v) is 10.3. The highest BCUT2D eigenvalue weighted by Gasteiger charge is 2.46. The average Bonchev–Trinajstić information content (AvgIpc) is 2.98. The summed E-state index contributed by atoms with van der Waals surface area (Å²) in [5, 5.41) is 89.7. The fourth-order valence-corrected chi connectivity index (χ4v) is 5.15. The highest BCUT2D eigenvalue weighted by molar-refractivity contribution is 6.31. The van der Waals surface area contributed by atoms with Crippen molar-refractivity contribution in [2.45, 2.75) is 67.8 Å². The average molecular weight is 593 g/mol. The first kappa shape index (κ1) is 30.3. The van der Waals surface area contributed by atoms with E-state index < -0.39 is 86.2 Å². The van der Waals surface area contributed by atoms with Crippen molar-refractivity contribution in [1.29, 1.82) is 0 Å². The Bertz CT molecular complexity index is 1310. The van der Waals surface area contributed by atoms with Gasteiger partial charge in [-0.15, -0.1) is 0 Å². The van der Waals surface area contributed by atoms with E-state index in [-0.39, 0.29) is 23.5 Å². The van der Waals surface area contributed by atoms with Gasteiger partial charge in [0.2, 0.25) is 12.6 Å². The summed E-state index contributed by atoms with van der Waals surface area (Å²) in [6.07, 6.45) is -12.8. The smallest absolute Gasteiger partial charge is 0.229 e. The number of aliphatic hydroxyl groups excluding tert-OH is 8. The molecule has 0 amide bonds. The maximum Gasteiger partial charge on any atom is 0.229 e. The van der Waals surface area contributed by atoms with Gasteiger partial charge < -0.3 is 64.9 Å². The normalized spacial score (nSPS) is 34.9. The van der Waals surface area contributed by atoms with Gasteiger partial charge >= 0.3 is 0 Å². The van der Waals surface area contributed by atoms with E-state index in [1.807, 2.05) is 0 Å². The van der Waals surface area contributed by atoms with Gasteiger partial charge in [-0.1, -0.05) is 18.2 Å². The van der Waals surface area contributed by atoms with Crippen LogP contribution in [0.25, 0.3) is 5.57 Å². The molecule has 0 bridgehead atoms. The number of fused-ring (bicyclic) bond motifs is 1. The third-order valence-electron chi connectivity index (χ3n) is 7.54. The van der Waals surface area contributed by atoms with Gasteiger partial charge in [-0.3, -0.25) is 4.79 Å². The van der Waals surface area contributed by atoms with Crippen LogP contribution in [0.5, 0.6) is 17.2 Å². The van der Waals surface area contributed by atoms with E-state index in [1.54, 1.807) is 18.2 Å². The van der Waals surface area contributed by atoms with Gasteiger partial charge in [-0.2, -0.15) is 0 Å². The van der Waals surface area contributed by atoms with E-state index >= 15 is 0 Å². The molecule has 3 aliphatic rings. The van der Waals surface area contributed by atoms with Gasteiger partial charge in [0.15, 0.2) is 5.78 Å². The second kappa shape index (κ2) is 12.2. The fourth-order valence-electron chi connectivity index (χ4n) is 5.15. The Morgan fingerprint density at radius 1 is 0.714 bits per heavy atom. The minimum Gasteiger partial charge on any atom is -0.507 e. The Labute approximate surface area is 238 Å². The summed E-state index contributed by atoms with van der Waals surface area (Å²) in [5.41, 5.74) is 1.24. The molecule has 2 aromatic carbocycles. The molecule has 0 unspecified atom stereocenters. The Balaban J connectivity index is 1.29. The van der Waals surface area contributed by atoms with E-state index in [2.05, 4.69) is 0 Å². The zero-order valence-corrected chi connectivity index (χ0v) is 22.0. The van der Waals surface area contributed by atoms with Crippen LogP contribution in [0.4, 0.5) is 0 Å². The Kier molecular flexibility index (Phi) is 8.82. The molecule has 14 nitrogen and oxygen atoms in total. The van der Waals surface area contributed by atoms with E-state index in [4.69, 9.17) is 18.9 Å². The van der Waals surface area contributed by atoms with Crippen molar-refractivity contribution in [1.82, 2.24) is 0 Å². The van der Waals surface area contributed by atoms with Crippen LogP contribution in [-0.4, -0.2) is 126 Å². The molecular weight excluding hydrogens is 560 g/mol. The van der Waals surface area contributed by atoms with Crippen molar-refractivity contribution < 1.29 is 69.7 Å². The number of rotatable bonds is 7. The lowest BCUT2D eigenvalue weighted by Crippen LogP contribution is -2.60. The number of hydrogen-bond donors (Lipinski definition) is 9. The van der Waals surface area contributed by atoms with Gasteiger partial charge in [0.25, 0.3) is 0 Å². The molecule has 10 atom stereocenters. The maximum atomic E-state index is 13.4. The number of phenolic OH excluding ortho intramolecular Hbond substituents is 1. The van der Waals surface area contributed by atoms with Gasteiger partial charge in [0.05, 0.1) is 18.8 Å². The molecule has 228 valence electrons. The van der Waals surface area contributed by atoms with Crippen LogP contribution in [0.1, 0.15) is 21.5 Å². The summed E-state index contributed by atoms with van der Waals surface area (Å²) in [6, 6.07) is 8.76. The molecule has 0 radical (unpaired) electrons. The molecule has 2 heterocycles. The Morgan fingerprint density at radius 2 is 1.24 bits per heavy atom. The standard InChI is InChI=1S/C28H32O14/c29-9-17-21(33)23(35)25(37)27(41-17)39-13-4-1-11(2-5-13)15-6-3-12-7-14(8-16(31)19(12)20(15)32)40-28-26(38)24(36)22(34)18(10-30)42-28/h1-2,4-8,17-18,21-31,33-38H,3,9-10H2/t17-,18-,21-,22-,23+,24+,25-,26-,27-,28-/m0/s1. The number of aliphatic hydroxyl groups is 8. The third kappa shape index (κ3) is 5.61. The predicted molar refractivity (Wildman–Crippen MR) is 139 cm³/mol. The van der Waals surface area contributed by atoms with Crippen LogP contribution in [0.2, 0.25) is 0 Å². The Morgan fingerprint density at radius 3 is 1.76 bits per heavy atom. The molecule has 2 aliphatic heterocycles. The highest BCUT2D eigenvalue weighted by Crippen LogP contribution is 2.37. The largest absolute Gasteiger partial charge is 0.507 e. The summed E-state index contributed by atoms with van der Waals surface area (Å²) in [4.78, 5) is 13.4. The molecule has 0 aromatic heterocycles. The zero-order chi connectivity index (χ0) is 30.3. The summed E-state index contributed by atoms with van der Waals surface area (Å²) < 4.78 is 21.9. The van der Waals surface area contributed by atoms with Crippen LogP contribution in [-0.2, 0) is 15.9 Å². The second-order valence-electron chi connectivity index (χ2n) is 10.3. The van der Waals surface area contributed by atoms with Gasteiger partial charge in [-0.05, 0) is 35.7 Å². The van der Waals surface area contributed by atoms with Gasteiger partial charge in [0, 0.05) is 11.6 Å². The van der Waals surface area contributed by atoms with Gasteiger partial charge in [0.1, 0.15) is 66.1 Å². The summed E-state index contributed by atoms with van der Waals surface area (Å²) in [7, 11) is 0. The molecule has 2 fully saturated rings. The lowest BCUT2D eigenvalue weighted by Gasteiger charge is -2.39. The Hall–Kier alpha value is -3.15. The first-order valence-electron chi connectivity index (χ1n) is 13.2. The number of phenols is 1. The third-order valence-corrected chi connectivity index (χ3v) is 7.54. The van der Waals surface area contributed by atoms with Crippen LogP contribution < -0.4 is 9.47 Å². The van der Waals surface area contributed by atoms with Crippen molar-refractivity contribution in [3.63, 3.8) is 0 Å². The first-order valence-corrected chi connectivity index (χ1v) is 13.2. The number of carbonyl (C=O) groups excluding carboxylic acids is 1. The summed E-state index contributed by atoms with van der Waals surface area (Å²) in [6.45, 7) is -1.24.